The van der Waals surface area contributed by atoms with Crippen molar-refractivity contribution in [2.45, 2.75) is 96.8 Å². The second-order valence-electron chi connectivity index (χ2n) is 6.38. The Kier molecular flexibility index (Phi) is 10.7. The van der Waals surface area contributed by atoms with E-state index in [9.17, 15) is 4.79 Å². The zero-order valence-electron chi connectivity index (χ0n) is 13.5. The van der Waals surface area contributed by atoms with Gasteiger partial charge in [0.25, 0.3) is 0 Å². The molecule has 118 valence electrons. The maximum absolute atomic E-state index is 11.6. The first-order valence-corrected chi connectivity index (χ1v) is 8.98. The van der Waals surface area contributed by atoms with Crippen LogP contribution in [0.3, 0.4) is 0 Å². The summed E-state index contributed by atoms with van der Waals surface area (Å²) in [6.07, 6.45) is 17.3. The van der Waals surface area contributed by atoms with Crippen LogP contribution in [0.4, 0.5) is 0 Å². The van der Waals surface area contributed by atoms with Crippen LogP contribution in [0, 0.1) is 5.92 Å². The lowest BCUT2D eigenvalue weighted by Gasteiger charge is -2.13. The van der Waals surface area contributed by atoms with E-state index in [2.05, 4.69) is 6.92 Å². The molecule has 0 spiro atoms. The standard InChI is InChI=1S/C18H34O2/c1-2-3-4-5-6-11-14-18(19)20-16-15-17-12-9-7-8-10-13-17/h17H,2-16H2,1H3. The molecule has 0 unspecified atom stereocenters. The van der Waals surface area contributed by atoms with Crippen LogP contribution in [-0.4, -0.2) is 12.6 Å². The van der Waals surface area contributed by atoms with Crippen molar-refractivity contribution in [2.24, 2.45) is 5.92 Å². The minimum atomic E-state index is 0.0223. The predicted molar refractivity (Wildman–Crippen MR) is 84.8 cm³/mol. The molecule has 0 radical (unpaired) electrons. The highest BCUT2D eigenvalue weighted by Gasteiger charge is 2.12. The van der Waals surface area contributed by atoms with Crippen LogP contribution >= 0.6 is 0 Å². The molecule has 0 aromatic heterocycles. The zero-order chi connectivity index (χ0) is 14.5. The highest BCUT2D eigenvalue weighted by molar-refractivity contribution is 5.69. The molecule has 0 heterocycles. The van der Waals surface area contributed by atoms with Crippen molar-refractivity contribution in [1.29, 1.82) is 0 Å². The fraction of sp³-hybridized carbons (Fsp3) is 0.944. The lowest BCUT2D eigenvalue weighted by molar-refractivity contribution is -0.144. The maximum atomic E-state index is 11.6. The monoisotopic (exact) mass is 282 g/mol. The Morgan fingerprint density at radius 2 is 1.60 bits per heavy atom. The van der Waals surface area contributed by atoms with E-state index in [-0.39, 0.29) is 5.97 Å². The third-order valence-corrected chi connectivity index (χ3v) is 4.50. The van der Waals surface area contributed by atoms with Gasteiger partial charge in [-0.1, -0.05) is 77.6 Å². The summed E-state index contributed by atoms with van der Waals surface area (Å²) in [7, 11) is 0. The first-order valence-electron chi connectivity index (χ1n) is 8.98. The quantitative estimate of drug-likeness (QED) is 0.294. The van der Waals surface area contributed by atoms with E-state index in [0.717, 1.165) is 18.8 Å². The SMILES string of the molecule is CCCCCCCCC(=O)OCCC1CCCCCC1. The van der Waals surface area contributed by atoms with Gasteiger partial charge in [0.05, 0.1) is 6.61 Å². The Morgan fingerprint density at radius 3 is 2.30 bits per heavy atom. The van der Waals surface area contributed by atoms with Crippen LogP contribution in [0.2, 0.25) is 0 Å². The van der Waals surface area contributed by atoms with Crippen molar-refractivity contribution in [2.75, 3.05) is 6.61 Å². The van der Waals surface area contributed by atoms with E-state index in [1.54, 1.807) is 0 Å². The van der Waals surface area contributed by atoms with Crippen LogP contribution in [-0.2, 0) is 9.53 Å². The maximum Gasteiger partial charge on any atom is 0.305 e. The fourth-order valence-electron chi connectivity index (χ4n) is 3.11. The molecule has 20 heavy (non-hydrogen) atoms. The lowest BCUT2D eigenvalue weighted by atomic mass is 9.97. The second kappa shape index (κ2) is 12.2. The highest BCUT2D eigenvalue weighted by atomic mass is 16.5. The fourth-order valence-corrected chi connectivity index (χ4v) is 3.11. The molecule has 1 aliphatic rings. The van der Waals surface area contributed by atoms with Gasteiger partial charge in [-0.2, -0.15) is 0 Å². The van der Waals surface area contributed by atoms with Gasteiger partial charge in [0.15, 0.2) is 0 Å². The van der Waals surface area contributed by atoms with Gasteiger partial charge in [0.2, 0.25) is 0 Å². The number of ether oxygens (including phenoxy) is 1. The molecule has 1 fully saturated rings. The van der Waals surface area contributed by atoms with Crippen LogP contribution in [0.1, 0.15) is 96.8 Å². The van der Waals surface area contributed by atoms with Gasteiger partial charge in [0.1, 0.15) is 0 Å². The van der Waals surface area contributed by atoms with Crippen LogP contribution in [0.15, 0.2) is 0 Å². The molecule has 0 aromatic rings. The van der Waals surface area contributed by atoms with Gasteiger partial charge >= 0.3 is 5.97 Å². The van der Waals surface area contributed by atoms with E-state index in [1.807, 2.05) is 0 Å². The molecule has 0 aromatic carbocycles. The summed E-state index contributed by atoms with van der Waals surface area (Å²) in [5.41, 5.74) is 0. The number of carbonyl (C=O) groups is 1. The van der Waals surface area contributed by atoms with E-state index < -0.39 is 0 Å². The van der Waals surface area contributed by atoms with Crippen molar-refractivity contribution in [3.8, 4) is 0 Å². The van der Waals surface area contributed by atoms with Crippen LogP contribution in [0.5, 0.6) is 0 Å². The molecule has 0 N–H and O–H groups in total. The van der Waals surface area contributed by atoms with E-state index in [1.165, 1.54) is 70.6 Å². The Balaban J connectivity index is 1.91. The molecule has 0 aliphatic heterocycles. The van der Waals surface area contributed by atoms with Crippen molar-refractivity contribution in [1.82, 2.24) is 0 Å². The smallest absolute Gasteiger partial charge is 0.305 e. The largest absolute Gasteiger partial charge is 0.466 e. The summed E-state index contributed by atoms with van der Waals surface area (Å²) >= 11 is 0. The summed E-state index contributed by atoms with van der Waals surface area (Å²) < 4.78 is 5.37. The molecule has 0 saturated heterocycles. The highest BCUT2D eigenvalue weighted by Crippen LogP contribution is 2.25. The van der Waals surface area contributed by atoms with Gasteiger partial charge in [-0.3, -0.25) is 4.79 Å². The average molecular weight is 282 g/mol. The molecule has 0 bridgehead atoms. The number of unbranched alkanes of at least 4 members (excludes halogenated alkanes) is 5. The molecule has 1 rings (SSSR count). The molecule has 0 amide bonds. The molecule has 2 nitrogen and oxygen atoms in total. The number of esters is 1. The van der Waals surface area contributed by atoms with Crippen molar-refractivity contribution >= 4 is 5.97 Å². The van der Waals surface area contributed by atoms with Gasteiger partial charge in [-0.15, -0.1) is 0 Å². The molecular formula is C18H34O2. The lowest BCUT2D eigenvalue weighted by Crippen LogP contribution is -2.09. The van der Waals surface area contributed by atoms with Gasteiger partial charge in [-0.25, -0.2) is 0 Å². The van der Waals surface area contributed by atoms with E-state index in [4.69, 9.17) is 4.74 Å². The van der Waals surface area contributed by atoms with Gasteiger partial charge in [-0.05, 0) is 18.8 Å². The first kappa shape index (κ1) is 17.5. The molecular weight excluding hydrogens is 248 g/mol. The summed E-state index contributed by atoms with van der Waals surface area (Å²) in [5, 5.41) is 0. The Hall–Kier alpha value is -0.530. The van der Waals surface area contributed by atoms with E-state index >= 15 is 0 Å². The van der Waals surface area contributed by atoms with Crippen molar-refractivity contribution < 1.29 is 9.53 Å². The topological polar surface area (TPSA) is 26.3 Å². The summed E-state index contributed by atoms with van der Waals surface area (Å²) in [4.78, 5) is 11.6. The molecule has 1 aliphatic carbocycles. The Labute approximate surface area is 125 Å². The summed E-state index contributed by atoms with van der Waals surface area (Å²) in [5.74, 6) is 0.827. The Bertz CT molecular complexity index is 230. The van der Waals surface area contributed by atoms with Crippen LogP contribution in [0.25, 0.3) is 0 Å². The van der Waals surface area contributed by atoms with Gasteiger partial charge in [0, 0.05) is 6.42 Å². The number of hydrogen-bond acceptors (Lipinski definition) is 2. The van der Waals surface area contributed by atoms with Gasteiger partial charge < -0.3 is 4.74 Å². The molecule has 2 heteroatoms. The summed E-state index contributed by atoms with van der Waals surface area (Å²) in [6.45, 7) is 2.88. The normalized spacial score (nSPS) is 16.9. The predicted octanol–water partition coefficient (Wildman–Crippen LogP) is 5.64. The first-order chi connectivity index (χ1) is 9.83. The van der Waals surface area contributed by atoms with Crippen LogP contribution < -0.4 is 0 Å². The molecule has 0 atom stereocenters. The molecule has 1 saturated carbocycles. The second-order valence-corrected chi connectivity index (χ2v) is 6.38. The minimum Gasteiger partial charge on any atom is -0.466 e. The number of rotatable bonds is 10. The Morgan fingerprint density at radius 1 is 0.950 bits per heavy atom. The third kappa shape index (κ3) is 9.39. The number of carbonyl (C=O) groups excluding carboxylic acids is 1. The average Bonchev–Trinajstić information content (AvgIpc) is 2.71. The third-order valence-electron chi connectivity index (χ3n) is 4.50. The van der Waals surface area contributed by atoms with Crippen molar-refractivity contribution in [3.05, 3.63) is 0 Å². The van der Waals surface area contributed by atoms with Crippen molar-refractivity contribution in [3.63, 3.8) is 0 Å². The number of hydrogen-bond donors (Lipinski definition) is 0. The minimum absolute atomic E-state index is 0.0223. The summed E-state index contributed by atoms with van der Waals surface area (Å²) in [6, 6.07) is 0. The zero-order valence-corrected chi connectivity index (χ0v) is 13.5. The van der Waals surface area contributed by atoms with E-state index in [0.29, 0.717) is 13.0 Å².